The van der Waals surface area contributed by atoms with Crippen LogP contribution in [-0.4, -0.2) is 17.9 Å². The number of fused-ring (bicyclic) bond motifs is 1. The first kappa shape index (κ1) is 14.1. The lowest BCUT2D eigenvalue weighted by atomic mass is 10.1. The van der Waals surface area contributed by atoms with E-state index in [1.165, 1.54) is 18.2 Å². The Balaban J connectivity index is 1.93. The number of nitrogens with one attached hydrogen (secondary N) is 2. The van der Waals surface area contributed by atoms with Crippen LogP contribution < -0.4 is 15.4 Å². The number of para-hydroxylation sites is 2. The largest absolute Gasteiger partial charge is 0.478 e. The summed E-state index contributed by atoms with van der Waals surface area (Å²) < 4.78 is 19.1. The fraction of sp³-hybridized carbons (Fsp3) is 0.125. The molecule has 1 unspecified atom stereocenters. The number of hydrogen-bond donors (Lipinski definition) is 2. The smallest absolute Gasteiger partial charge is 0.265 e. The Hall–Kier alpha value is -2.89. The van der Waals surface area contributed by atoms with Gasteiger partial charge in [0.2, 0.25) is 0 Å². The van der Waals surface area contributed by atoms with Gasteiger partial charge in [-0.05, 0) is 31.2 Å². The molecule has 0 saturated carbocycles. The highest BCUT2D eigenvalue weighted by atomic mass is 19.1. The molecule has 1 heterocycles. The predicted molar refractivity (Wildman–Crippen MR) is 79.5 cm³/mol. The second kappa shape index (κ2) is 5.48. The van der Waals surface area contributed by atoms with Crippen molar-refractivity contribution in [3.8, 4) is 5.75 Å². The van der Waals surface area contributed by atoms with Crippen molar-refractivity contribution in [3.05, 3.63) is 53.8 Å². The van der Waals surface area contributed by atoms with Gasteiger partial charge in [-0.1, -0.05) is 18.2 Å². The van der Waals surface area contributed by atoms with E-state index in [1.54, 1.807) is 31.2 Å². The summed E-state index contributed by atoms with van der Waals surface area (Å²) in [7, 11) is 0. The summed E-state index contributed by atoms with van der Waals surface area (Å²) in [4.78, 5) is 23.9. The van der Waals surface area contributed by atoms with E-state index in [0.29, 0.717) is 5.69 Å². The average Bonchev–Trinajstić information content (AvgIpc) is 2.50. The van der Waals surface area contributed by atoms with Gasteiger partial charge in [-0.25, -0.2) is 4.39 Å². The third kappa shape index (κ3) is 2.50. The first-order valence-corrected chi connectivity index (χ1v) is 6.72. The fourth-order valence-corrected chi connectivity index (χ4v) is 2.16. The maximum Gasteiger partial charge on any atom is 0.265 e. The van der Waals surface area contributed by atoms with E-state index in [0.717, 1.165) is 0 Å². The molecule has 0 spiro atoms. The van der Waals surface area contributed by atoms with Gasteiger partial charge in [0.25, 0.3) is 11.8 Å². The van der Waals surface area contributed by atoms with Gasteiger partial charge in [0.1, 0.15) is 5.82 Å². The first-order valence-electron chi connectivity index (χ1n) is 6.72. The number of anilines is 2. The molecule has 0 aromatic heterocycles. The fourth-order valence-electron chi connectivity index (χ4n) is 2.16. The van der Waals surface area contributed by atoms with Crippen LogP contribution >= 0.6 is 0 Å². The summed E-state index contributed by atoms with van der Waals surface area (Å²) in [5.74, 6) is -1.03. The standard InChI is InChI=1S/C16H13FN2O3/c1-9-15(20)19-13-8-4-5-10(14(13)22-9)16(21)18-12-7-3-2-6-11(12)17/h2-9H,1H3,(H,18,21)(H,19,20). The van der Waals surface area contributed by atoms with E-state index in [4.69, 9.17) is 4.74 Å². The third-order valence-electron chi connectivity index (χ3n) is 3.30. The van der Waals surface area contributed by atoms with Gasteiger partial charge in [0.15, 0.2) is 11.9 Å². The Labute approximate surface area is 126 Å². The Bertz CT molecular complexity index is 761. The van der Waals surface area contributed by atoms with Crippen LogP contribution in [0.4, 0.5) is 15.8 Å². The van der Waals surface area contributed by atoms with Crippen molar-refractivity contribution in [2.75, 3.05) is 10.6 Å². The third-order valence-corrected chi connectivity index (χ3v) is 3.30. The van der Waals surface area contributed by atoms with E-state index in [2.05, 4.69) is 10.6 Å². The molecule has 0 fully saturated rings. The van der Waals surface area contributed by atoms with Crippen molar-refractivity contribution < 1.29 is 18.7 Å². The van der Waals surface area contributed by atoms with E-state index >= 15 is 0 Å². The number of carbonyl (C=O) groups is 2. The summed E-state index contributed by atoms with van der Waals surface area (Å²) in [6.45, 7) is 1.59. The molecule has 5 nitrogen and oxygen atoms in total. The van der Waals surface area contributed by atoms with Crippen molar-refractivity contribution in [1.29, 1.82) is 0 Å². The van der Waals surface area contributed by atoms with Gasteiger partial charge in [-0.2, -0.15) is 0 Å². The molecule has 2 amide bonds. The summed E-state index contributed by atoms with van der Waals surface area (Å²) >= 11 is 0. The highest BCUT2D eigenvalue weighted by molar-refractivity contribution is 6.09. The molecule has 112 valence electrons. The van der Waals surface area contributed by atoms with Crippen LogP contribution in [0.3, 0.4) is 0 Å². The molecule has 2 aromatic rings. The van der Waals surface area contributed by atoms with Crippen LogP contribution in [0.1, 0.15) is 17.3 Å². The van der Waals surface area contributed by atoms with Crippen molar-refractivity contribution in [3.63, 3.8) is 0 Å². The molecule has 2 aromatic carbocycles. The molecule has 0 bridgehead atoms. The quantitative estimate of drug-likeness (QED) is 0.896. The highest BCUT2D eigenvalue weighted by Crippen LogP contribution is 2.33. The van der Waals surface area contributed by atoms with Gasteiger partial charge in [-0.15, -0.1) is 0 Å². The lowest BCUT2D eigenvalue weighted by molar-refractivity contribution is -0.122. The molecule has 0 aliphatic carbocycles. The Kier molecular flexibility index (Phi) is 3.50. The molecule has 6 heteroatoms. The van der Waals surface area contributed by atoms with E-state index < -0.39 is 17.8 Å². The number of rotatable bonds is 2. The van der Waals surface area contributed by atoms with Crippen LogP contribution in [0.25, 0.3) is 0 Å². The van der Waals surface area contributed by atoms with Gasteiger partial charge < -0.3 is 15.4 Å². The number of halogens is 1. The topological polar surface area (TPSA) is 67.4 Å². The molecule has 3 rings (SSSR count). The SMILES string of the molecule is CC1Oc2c(cccc2C(=O)Nc2ccccc2F)NC1=O. The van der Waals surface area contributed by atoms with Crippen molar-refractivity contribution in [1.82, 2.24) is 0 Å². The van der Waals surface area contributed by atoms with E-state index in [9.17, 15) is 14.0 Å². The van der Waals surface area contributed by atoms with Gasteiger partial charge in [0, 0.05) is 0 Å². The minimum atomic E-state index is -0.699. The van der Waals surface area contributed by atoms with Crippen molar-refractivity contribution >= 4 is 23.2 Å². The normalized spacial score (nSPS) is 16.3. The Morgan fingerprint density at radius 1 is 1.23 bits per heavy atom. The molecule has 0 radical (unpaired) electrons. The van der Waals surface area contributed by atoms with E-state index in [1.807, 2.05) is 0 Å². The molecular formula is C16H13FN2O3. The minimum absolute atomic E-state index is 0.0815. The molecule has 1 atom stereocenters. The summed E-state index contributed by atoms with van der Waals surface area (Å²) in [6.07, 6.45) is -0.699. The summed E-state index contributed by atoms with van der Waals surface area (Å²) in [5, 5.41) is 5.16. The molecular weight excluding hydrogens is 287 g/mol. The van der Waals surface area contributed by atoms with E-state index in [-0.39, 0.29) is 22.9 Å². The van der Waals surface area contributed by atoms with Gasteiger partial charge in [-0.3, -0.25) is 9.59 Å². The number of benzene rings is 2. The van der Waals surface area contributed by atoms with Gasteiger partial charge in [0.05, 0.1) is 16.9 Å². The number of hydrogen-bond acceptors (Lipinski definition) is 3. The zero-order valence-corrected chi connectivity index (χ0v) is 11.7. The predicted octanol–water partition coefficient (Wildman–Crippen LogP) is 2.80. The Morgan fingerprint density at radius 3 is 2.77 bits per heavy atom. The summed E-state index contributed by atoms with van der Waals surface area (Å²) in [5.41, 5.74) is 0.731. The number of amides is 2. The van der Waals surface area contributed by atoms with Crippen LogP contribution in [0, 0.1) is 5.82 Å². The first-order chi connectivity index (χ1) is 10.6. The monoisotopic (exact) mass is 300 g/mol. The highest BCUT2D eigenvalue weighted by Gasteiger charge is 2.27. The van der Waals surface area contributed by atoms with Crippen molar-refractivity contribution in [2.24, 2.45) is 0 Å². The lowest BCUT2D eigenvalue weighted by Crippen LogP contribution is -2.35. The second-order valence-electron chi connectivity index (χ2n) is 4.87. The van der Waals surface area contributed by atoms with Crippen LogP contribution in [-0.2, 0) is 4.79 Å². The lowest BCUT2D eigenvalue weighted by Gasteiger charge is -2.25. The van der Waals surface area contributed by atoms with Gasteiger partial charge >= 0.3 is 0 Å². The maximum atomic E-state index is 13.6. The number of ether oxygens (including phenoxy) is 1. The zero-order valence-electron chi connectivity index (χ0n) is 11.7. The molecule has 1 aliphatic rings. The second-order valence-corrected chi connectivity index (χ2v) is 4.87. The molecule has 1 aliphatic heterocycles. The molecule has 0 saturated heterocycles. The number of carbonyl (C=O) groups excluding carboxylic acids is 2. The zero-order chi connectivity index (χ0) is 15.7. The minimum Gasteiger partial charge on any atom is -0.478 e. The maximum absolute atomic E-state index is 13.6. The average molecular weight is 300 g/mol. The van der Waals surface area contributed by atoms with Crippen LogP contribution in [0.5, 0.6) is 5.75 Å². The van der Waals surface area contributed by atoms with Crippen LogP contribution in [0.2, 0.25) is 0 Å². The Morgan fingerprint density at radius 2 is 2.00 bits per heavy atom. The van der Waals surface area contributed by atoms with Crippen molar-refractivity contribution in [2.45, 2.75) is 13.0 Å². The molecule has 22 heavy (non-hydrogen) atoms. The van der Waals surface area contributed by atoms with Crippen LogP contribution in [0.15, 0.2) is 42.5 Å². The molecule has 2 N–H and O–H groups in total. The summed E-state index contributed by atoms with van der Waals surface area (Å²) in [6, 6.07) is 10.7.